The van der Waals surface area contributed by atoms with Crippen molar-refractivity contribution in [3.8, 4) is 0 Å². The number of aromatic nitrogens is 2. The van der Waals surface area contributed by atoms with Gasteiger partial charge in [-0.1, -0.05) is 37.7 Å². The maximum atomic E-state index is 14.3. The molecule has 3 heterocycles. The van der Waals surface area contributed by atoms with Gasteiger partial charge in [-0.15, -0.1) is 0 Å². The number of hydrogen-bond donors (Lipinski definition) is 1. The van der Waals surface area contributed by atoms with E-state index in [0.717, 1.165) is 39.5 Å². The number of fused-ring (bicyclic) bond motifs is 1. The summed E-state index contributed by atoms with van der Waals surface area (Å²) in [5.41, 5.74) is -0.579. The van der Waals surface area contributed by atoms with Gasteiger partial charge in [0.2, 0.25) is 0 Å². The van der Waals surface area contributed by atoms with Crippen molar-refractivity contribution in [2.45, 2.75) is 96.1 Å². The molecule has 1 aliphatic carbocycles. The van der Waals surface area contributed by atoms with E-state index in [4.69, 9.17) is 28.7 Å². The van der Waals surface area contributed by atoms with Crippen molar-refractivity contribution >= 4 is 52.9 Å². The van der Waals surface area contributed by atoms with Crippen LogP contribution >= 0.6 is 11.8 Å². The summed E-state index contributed by atoms with van der Waals surface area (Å²) in [5, 5.41) is 11.7. The number of aromatic amines is 1. The van der Waals surface area contributed by atoms with E-state index in [9.17, 15) is 38.9 Å². The third kappa shape index (κ3) is 7.72. The summed E-state index contributed by atoms with van der Waals surface area (Å²) < 4.78 is 28.8. The Morgan fingerprint density at radius 1 is 0.962 bits per heavy atom. The molecule has 1 aromatic carbocycles. The van der Waals surface area contributed by atoms with Gasteiger partial charge in [0, 0.05) is 63.4 Å². The predicted octanol–water partition coefficient (Wildman–Crippen LogP) is 3.08. The number of carbonyl (C=O) groups excluding carboxylic acids is 5. The van der Waals surface area contributed by atoms with Crippen LogP contribution in [0.5, 0.6) is 0 Å². The molecule has 2 aliphatic heterocycles. The Bertz CT molecular complexity index is 1910. The lowest BCUT2D eigenvalue weighted by Crippen LogP contribution is -2.67. The molecule has 0 spiro atoms. The SMILES string of the molecule is CSc1nc2c(c(=O)[nH]1)C(c1ccc([N+](=O)[O-])cc1)C1=C(CC(C)(C)CC1=O)N2[C@@H]1O[C@H](COC(C)=O)[C@H](OC(C)=O)[C@H](OC(C)=O)[C@H]1OC(C)=O. The molecular formula is C34H38N4O13S. The summed E-state index contributed by atoms with van der Waals surface area (Å²) in [4.78, 5) is 98.0. The average molecular weight is 743 g/mol. The number of non-ortho nitro benzene ring substituents is 1. The van der Waals surface area contributed by atoms with E-state index in [-0.39, 0.29) is 46.4 Å². The van der Waals surface area contributed by atoms with Crippen molar-refractivity contribution < 1.29 is 52.6 Å². The Morgan fingerprint density at radius 3 is 2.12 bits per heavy atom. The first-order chi connectivity index (χ1) is 24.4. The molecule has 2 aromatic rings. The molecule has 0 bridgehead atoms. The second-order valence-corrected chi connectivity index (χ2v) is 14.2. The number of nitrogens with one attached hydrogen (secondary N) is 1. The first-order valence-electron chi connectivity index (χ1n) is 16.2. The molecule has 1 aromatic heterocycles. The summed E-state index contributed by atoms with van der Waals surface area (Å²) in [7, 11) is 0. The van der Waals surface area contributed by atoms with Gasteiger partial charge in [0.25, 0.3) is 11.2 Å². The maximum absolute atomic E-state index is 14.3. The Kier molecular flexibility index (Phi) is 10.9. The molecular weight excluding hydrogens is 704 g/mol. The summed E-state index contributed by atoms with van der Waals surface area (Å²) in [6.07, 6.45) is -5.47. The number of Topliss-reactive ketones (excluding diaryl/α,β-unsaturated/α-hetero) is 1. The second kappa shape index (κ2) is 14.9. The first-order valence-corrected chi connectivity index (χ1v) is 17.4. The number of ketones is 1. The molecule has 17 nitrogen and oxygen atoms in total. The summed E-state index contributed by atoms with van der Waals surface area (Å²) in [6, 6.07) is 5.48. The van der Waals surface area contributed by atoms with Crippen LogP contribution < -0.4 is 10.5 Å². The Morgan fingerprint density at radius 2 is 1.56 bits per heavy atom. The van der Waals surface area contributed by atoms with Gasteiger partial charge in [0.05, 0.1) is 10.5 Å². The van der Waals surface area contributed by atoms with E-state index in [1.165, 1.54) is 29.2 Å². The number of esters is 4. The number of H-pyrrole nitrogens is 1. The summed E-state index contributed by atoms with van der Waals surface area (Å²) in [6.45, 7) is 7.70. The van der Waals surface area contributed by atoms with E-state index in [0.29, 0.717) is 11.3 Å². The smallest absolute Gasteiger partial charge is 0.303 e. The van der Waals surface area contributed by atoms with Gasteiger partial charge < -0.3 is 28.7 Å². The largest absolute Gasteiger partial charge is 0.463 e. The van der Waals surface area contributed by atoms with Crippen molar-refractivity contribution in [1.82, 2.24) is 9.97 Å². The Hall–Kier alpha value is -5.10. The van der Waals surface area contributed by atoms with Gasteiger partial charge in [-0.3, -0.25) is 43.8 Å². The number of hydrogen-bond acceptors (Lipinski definition) is 16. The minimum Gasteiger partial charge on any atom is -0.463 e. The molecule has 1 fully saturated rings. The normalized spacial score (nSPS) is 25.0. The third-order valence-corrected chi connectivity index (χ3v) is 9.34. The number of thioether (sulfide) groups is 1. The fraction of sp³-hybridized carbons (Fsp3) is 0.500. The molecule has 278 valence electrons. The molecule has 0 saturated carbocycles. The molecule has 1 unspecified atom stereocenters. The minimum atomic E-state index is -1.57. The van der Waals surface area contributed by atoms with Gasteiger partial charge in [0.1, 0.15) is 18.5 Å². The number of nitrogens with zero attached hydrogens (tertiary/aromatic N) is 3. The maximum Gasteiger partial charge on any atom is 0.303 e. The minimum absolute atomic E-state index is 0.00148. The molecule has 5 rings (SSSR count). The van der Waals surface area contributed by atoms with Crippen LogP contribution in [0.3, 0.4) is 0 Å². The van der Waals surface area contributed by atoms with Crippen molar-refractivity contribution in [2.75, 3.05) is 17.8 Å². The fourth-order valence-electron chi connectivity index (χ4n) is 6.92. The molecule has 6 atom stereocenters. The second-order valence-electron chi connectivity index (χ2n) is 13.4. The molecule has 1 saturated heterocycles. The summed E-state index contributed by atoms with van der Waals surface area (Å²) in [5.74, 6) is -4.56. The topological polar surface area (TPSA) is 224 Å². The van der Waals surface area contributed by atoms with Crippen molar-refractivity contribution in [3.63, 3.8) is 0 Å². The zero-order valence-electron chi connectivity index (χ0n) is 29.5. The highest BCUT2D eigenvalue weighted by molar-refractivity contribution is 7.98. The highest BCUT2D eigenvalue weighted by atomic mass is 32.2. The van der Waals surface area contributed by atoms with E-state index >= 15 is 0 Å². The van der Waals surface area contributed by atoms with Crippen LogP contribution in [0.4, 0.5) is 11.5 Å². The number of ether oxygens (including phenoxy) is 5. The lowest BCUT2D eigenvalue weighted by atomic mass is 9.68. The number of rotatable bonds is 9. The van der Waals surface area contributed by atoms with Gasteiger partial charge in [-0.25, -0.2) is 4.98 Å². The van der Waals surface area contributed by atoms with Crippen LogP contribution in [0, 0.1) is 15.5 Å². The number of anilines is 1. The molecule has 0 amide bonds. The quantitative estimate of drug-likeness (QED) is 0.0973. The van der Waals surface area contributed by atoms with Crippen molar-refractivity contribution in [2.24, 2.45) is 5.41 Å². The van der Waals surface area contributed by atoms with Crippen LogP contribution in [0.1, 0.15) is 71.4 Å². The van der Waals surface area contributed by atoms with E-state index in [1.807, 2.05) is 13.8 Å². The lowest BCUT2D eigenvalue weighted by molar-refractivity contribution is -0.384. The standard InChI is InChI=1S/C34H38N4O13S/c1-15(39)47-14-23-27(48-16(2)40)28(49-17(3)41)29(50-18(4)42)32(51-23)37-21-12-34(5,6)13-22(43)25(21)24(19-8-10-20(11-9-19)38(45)46)26-30(37)35-33(52-7)36-31(26)44/h8-11,23-24,27-29,32H,12-14H2,1-7H3,(H,35,36,44)/t23-,24?,27+,28+,29-,32-/m1/s1. The van der Waals surface area contributed by atoms with Gasteiger partial charge in [0.15, 0.2) is 35.5 Å². The van der Waals surface area contributed by atoms with Gasteiger partial charge in [-0.05, 0) is 23.7 Å². The van der Waals surface area contributed by atoms with Crippen LogP contribution in [-0.4, -0.2) is 88.1 Å². The van der Waals surface area contributed by atoms with Crippen LogP contribution in [0.25, 0.3) is 0 Å². The van der Waals surface area contributed by atoms with Gasteiger partial charge >= 0.3 is 23.9 Å². The van der Waals surface area contributed by atoms with E-state index in [2.05, 4.69) is 4.98 Å². The first kappa shape index (κ1) is 38.1. The molecule has 18 heteroatoms. The molecule has 3 aliphatic rings. The third-order valence-electron chi connectivity index (χ3n) is 8.76. The van der Waals surface area contributed by atoms with Crippen LogP contribution in [0.15, 0.2) is 45.5 Å². The van der Waals surface area contributed by atoms with E-state index < -0.39 is 82.9 Å². The highest BCUT2D eigenvalue weighted by Crippen LogP contribution is 2.52. The highest BCUT2D eigenvalue weighted by Gasteiger charge is 2.57. The number of benzene rings is 1. The average Bonchev–Trinajstić information content (AvgIpc) is 3.03. The number of nitro benzene ring substituents is 1. The monoisotopic (exact) mass is 742 g/mol. The van der Waals surface area contributed by atoms with Gasteiger partial charge in [-0.2, -0.15) is 0 Å². The fourth-order valence-corrected chi connectivity index (χ4v) is 7.29. The molecule has 1 N–H and O–H groups in total. The molecule has 52 heavy (non-hydrogen) atoms. The summed E-state index contributed by atoms with van der Waals surface area (Å²) >= 11 is 1.11. The van der Waals surface area contributed by atoms with Crippen LogP contribution in [-0.2, 0) is 47.7 Å². The number of nitro groups is 1. The number of allylic oxidation sites excluding steroid dienone is 2. The predicted molar refractivity (Wildman–Crippen MR) is 181 cm³/mol. The van der Waals surface area contributed by atoms with Crippen LogP contribution in [0.2, 0.25) is 0 Å². The zero-order valence-corrected chi connectivity index (χ0v) is 30.3. The van der Waals surface area contributed by atoms with Crippen molar-refractivity contribution in [3.05, 3.63) is 67.1 Å². The van der Waals surface area contributed by atoms with E-state index in [1.54, 1.807) is 6.26 Å². The number of carbonyl (C=O) groups is 5. The lowest BCUT2D eigenvalue weighted by Gasteiger charge is -2.51. The molecule has 0 radical (unpaired) electrons. The Balaban J connectivity index is 1.84. The zero-order chi connectivity index (χ0) is 38.2. The Labute approximate surface area is 301 Å². The van der Waals surface area contributed by atoms with Crippen molar-refractivity contribution in [1.29, 1.82) is 0 Å².